The molecule has 1 unspecified atom stereocenters. The van der Waals surface area contributed by atoms with E-state index in [1.807, 2.05) is 0 Å². The van der Waals surface area contributed by atoms with Gasteiger partial charge in [-0.1, -0.05) is 23.2 Å². The number of halogens is 2. The van der Waals surface area contributed by atoms with Crippen molar-refractivity contribution in [3.63, 3.8) is 0 Å². The molecule has 2 heterocycles. The van der Waals surface area contributed by atoms with Crippen LogP contribution in [-0.2, 0) is 17.6 Å². The summed E-state index contributed by atoms with van der Waals surface area (Å²) in [7, 11) is 0. The third kappa shape index (κ3) is 3.69. The summed E-state index contributed by atoms with van der Waals surface area (Å²) in [6, 6.07) is 4.35. The Balaban J connectivity index is 1.52. The standard InChI is InChI=1S/C19H20Cl2N4O2/c20-11-8-12(21)10-13(9-11)22-18(26)16-6-3-7-25(16)19(27)17-14-4-1-2-5-15(14)23-24-17/h8-10,16H,1-7H2,(H,22,26)(H,23,24). The molecule has 2 aromatic rings. The van der Waals surface area contributed by atoms with Gasteiger partial charge in [0.25, 0.3) is 5.91 Å². The molecule has 0 bridgehead atoms. The van der Waals surface area contributed by atoms with E-state index in [1.54, 1.807) is 23.1 Å². The van der Waals surface area contributed by atoms with Crippen LogP contribution >= 0.6 is 23.2 Å². The predicted molar refractivity (Wildman–Crippen MR) is 104 cm³/mol. The van der Waals surface area contributed by atoms with Gasteiger partial charge < -0.3 is 10.2 Å². The zero-order valence-electron chi connectivity index (χ0n) is 14.7. The van der Waals surface area contributed by atoms with Gasteiger partial charge in [0.1, 0.15) is 6.04 Å². The van der Waals surface area contributed by atoms with Crippen LogP contribution in [-0.4, -0.2) is 39.5 Å². The predicted octanol–water partition coefficient (Wildman–Crippen LogP) is 3.84. The molecular formula is C19H20Cl2N4O2. The molecule has 1 saturated heterocycles. The van der Waals surface area contributed by atoms with Crippen LogP contribution in [0.15, 0.2) is 18.2 Å². The molecule has 2 aliphatic rings. The number of rotatable bonds is 3. The summed E-state index contributed by atoms with van der Waals surface area (Å²) in [4.78, 5) is 27.5. The van der Waals surface area contributed by atoms with E-state index in [0.717, 1.165) is 43.4 Å². The van der Waals surface area contributed by atoms with Crippen molar-refractivity contribution in [1.29, 1.82) is 0 Å². The molecule has 2 amide bonds. The largest absolute Gasteiger partial charge is 0.325 e. The smallest absolute Gasteiger partial charge is 0.275 e. The number of amides is 2. The number of aryl methyl sites for hydroxylation is 1. The maximum Gasteiger partial charge on any atom is 0.275 e. The Labute approximate surface area is 167 Å². The second-order valence-corrected chi connectivity index (χ2v) is 7.91. The lowest BCUT2D eigenvalue weighted by Crippen LogP contribution is -2.43. The number of carbonyl (C=O) groups excluding carboxylic acids is 2. The molecule has 1 aliphatic heterocycles. The molecular weight excluding hydrogens is 387 g/mol. The maximum absolute atomic E-state index is 13.1. The Morgan fingerprint density at radius 2 is 1.85 bits per heavy atom. The number of anilines is 1. The highest BCUT2D eigenvalue weighted by Crippen LogP contribution is 2.28. The Morgan fingerprint density at radius 1 is 1.11 bits per heavy atom. The van der Waals surface area contributed by atoms with Gasteiger partial charge in [-0.25, -0.2) is 0 Å². The van der Waals surface area contributed by atoms with Crippen LogP contribution in [0.4, 0.5) is 5.69 Å². The third-order valence-corrected chi connectivity index (χ3v) is 5.64. The van der Waals surface area contributed by atoms with Crippen LogP contribution in [0.3, 0.4) is 0 Å². The molecule has 0 saturated carbocycles. The van der Waals surface area contributed by atoms with Gasteiger partial charge >= 0.3 is 0 Å². The number of aromatic nitrogens is 2. The zero-order chi connectivity index (χ0) is 19.0. The maximum atomic E-state index is 13.1. The molecule has 1 aliphatic carbocycles. The van der Waals surface area contributed by atoms with E-state index < -0.39 is 6.04 Å². The second kappa shape index (κ2) is 7.52. The summed E-state index contributed by atoms with van der Waals surface area (Å²) < 4.78 is 0. The lowest BCUT2D eigenvalue weighted by atomic mass is 9.95. The first-order valence-corrected chi connectivity index (χ1v) is 9.92. The fourth-order valence-electron chi connectivity index (χ4n) is 3.93. The molecule has 142 valence electrons. The molecule has 1 fully saturated rings. The normalized spacial score (nSPS) is 19.0. The Hall–Kier alpha value is -2.05. The van der Waals surface area contributed by atoms with Gasteiger partial charge in [0, 0.05) is 33.5 Å². The quantitative estimate of drug-likeness (QED) is 0.812. The van der Waals surface area contributed by atoms with E-state index in [1.165, 1.54) is 0 Å². The van der Waals surface area contributed by atoms with E-state index in [0.29, 0.717) is 34.4 Å². The molecule has 8 heteroatoms. The zero-order valence-corrected chi connectivity index (χ0v) is 16.2. The van der Waals surface area contributed by atoms with E-state index in [-0.39, 0.29) is 11.8 Å². The molecule has 6 nitrogen and oxygen atoms in total. The first-order valence-electron chi connectivity index (χ1n) is 9.17. The number of fused-ring (bicyclic) bond motifs is 1. The second-order valence-electron chi connectivity index (χ2n) is 7.04. The van der Waals surface area contributed by atoms with Gasteiger partial charge in [0.2, 0.25) is 5.91 Å². The lowest BCUT2D eigenvalue weighted by Gasteiger charge is -2.24. The summed E-state index contributed by atoms with van der Waals surface area (Å²) >= 11 is 12.0. The van der Waals surface area contributed by atoms with Gasteiger partial charge in [-0.15, -0.1) is 0 Å². The topological polar surface area (TPSA) is 78.1 Å². The summed E-state index contributed by atoms with van der Waals surface area (Å²) in [5.74, 6) is -0.403. The fourth-order valence-corrected chi connectivity index (χ4v) is 4.45. The van der Waals surface area contributed by atoms with Crippen molar-refractivity contribution < 1.29 is 9.59 Å². The summed E-state index contributed by atoms with van der Waals surface area (Å²) in [5.41, 5.74) is 3.06. The average Bonchev–Trinajstić information content (AvgIpc) is 3.27. The third-order valence-electron chi connectivity index (χ3n) is 5.21. The van der Waals surface area contributed by atoms with E-state index in [4.69, 9.17) is 23.2 Å². The first-order chi connectivity index (χ1) is 13.0. The molecule has 1 aromatic heterocycles. The van der Waals surface area contributed by atoms with Crippen molar-refractivity contribution in [2.24, 2.45) is 0 Å². The van der Waals surface area contributed by atoms with Crippen LogP contribution in [0.2, 0.25) is 10.0 Å². The number of H-pyrrole nitrogens is 1. The Morgan fingerprint density at radius 3 is 2.63 bits per heavy atom. The Kier molecular flexibility index (Phi) is 5.10. The minimum atomic E-state index is -0.522. The van der Waals surface area contributed by atoms with Crippen molar-refractivity contribution >= 4 is 40.7 Å². The SMILES string of the molecule is O=C(Nc1cc(Cl)cc(Cl)c1)C1CCCN1C(=O)c1n[nH]c2c1CCCC2. The van der Waals surface area contributed by atoms with E-state index >= 15 is 0 Å². The van der Waals surface area contributed by atoms with Gasteiger partial charge in [-0.2, -0.15) is 5.10 Å². The van der Waals surface area contributed by atoms with Crippen molar-refractivity contribution in [1.82, 2.24) is 15.1 Å². The summed E-state index contributed by atoms with van der Waals surface area (Å²) in [6.07, 6.45) is 5.37. The highest BCUT2D eigenvalue weighted by atomic mass is 35.5. The van der Waals surface area contributed by atoms with Gasteiger partial charge in [0.15, 0.2) is 5.69 Å². The van der Waals surface area contributed by atoms with Crippen molar-refractivity contribution in [2.75, 3.05) is 11.9 Å². The molecule has 4 rings (SSSR count). The van der Waals surface area contributed by atoms with Gasteiger partial charge in [0.05, 0.1) is 0 Å². The number of nitrogens with zero attached hydrogens (tertiary/aromatic N) is 2. The molecule has 0 radical (unpaired) electrons. The number of likely N-dealkylation sites (tertiary alicyclic amines) is 1. The molecule has 0 spiro atoms. The lowest BCUT2D eigenvalue weighted by molar-refractivity contribution is -0.119. The number of benzene rings is 1. The monoisotopic (exact) mass is 406 g/mol. The van der Waals surface area contributed by atoms with Crippen LogP contribution in [0.5, 0.6) is 0 Å². The average molecular weight is 407 g/mol. The number of hydrogen-bond acceptors (Lipinski definition) is 3. The number of hydrogen-bond donors (Lipinski definition) is 2. The van der Waals surface area contributed by atoms with Crippen LogP contribution in [0.25, 0.3) is 0 Å². The van der Waals surface area contributed by atoms with Gasteiger partial charge in [-0.3, -0.25) is 14.7 Å². The van der Waals surface area contributed by atoms with Crippen molar-refractivity contribution in [3.8, 4) is 0 Å². The number of carbonyl (C=O) groups is 2. The van der Waals surface area contributed by atoms with Crippen molar-refractivity contribution in [2.45, 2.75) is 44.6 Å². The van der Waals surface area contributed by atoms with E-state index in [9.17, 15) is 9.59 Å². The highest BCUT2D eigenvalue weighted by molar-refractivity contribution is 6.35. The molecule has 2 N–H and O–H groups in total. The minimum Gasteiger partial charge on any atom is -0.325 e. The van der Waals surface area contributed by atoms with Crippen molar-refractivity contribution in [3.05, 3.63) is 45.2 Å². The van der Waals surface area contributed by atoms with Gasteiger partial charge in [-0.05, 0) is 56.7 Å². The van der Waals surface area contributed by atoms with Crippen LogP contribution in [0.1, 0.15) is 47.4 Å². The minimum absolute atomic E-state index is 0.170. The van der Waals surface area contributed by atoms with Crippen LogP contribution in [0, 0.1) is 0 Å². The summed E-state index contributed by atoms with van der Waals surface area (Å²) in [5, 5.41) is 11.0. The van der Waals surface area contributed by atoms with E-state index in [2.05, 4.69) is 15.5 Å². The number of nitrogens with one attached hydrogen (secondary N) is 2. The highest BCUT2D eigenvalue weighted by Gasteiger charge is 2.37. The fraction of sp³-hybridized carbons (Fsp3) is 0.421. The molecule has 1 atom stereocenters. The number of aromatic amines is 1. The Bertz CT molecular complexity index is 876. The van der Waals surface area contributed by atoms with Crippen LogP contribution < -0.4 is 5.32 Å². The first kappa shape index (κ1) is 18.3. The molecule has 1 aromatic carbocycles. The summed E-state index contributed by atoms with van der Waals surface area (Å²) in [6.45, 7) is 0.550. The molecule has 27 heavy (non-hydrogen) atoms.